The maximum Gasteiger partial charge on any atom is 0.254 e. The van der Waals surface area contributed by atoms with Crippen molar-refractivity contribution in [3.63, 3.8) is 0 Å². The van der Waals surface area contributed by atoms with E-state index in [9.17, 15) is 9.18 Å². The summed E-state index contributed by atoms with van der Waals surface area (Å²) in [7, 11) is 1.35. The lowest BCUT2D eigenvalue weighted by atomic mass is 10.2. The normalized spacial score (nSPS) is 10.1. The molecule has 0 radical (unpaired) electrons. The van der Waals surface area contributed by atoms with E-state index < -0.39 is 5.82 Å². The fraction of sp³-hybridized carbons (Fsp3) is 0.417. The Morgan fingerprint density at radius 1 is 1.53 bits per heavy atom. The van der Waals surface area contributed by atoms with Crippen molar-refractivity contribution in [2.45, 2.75) is 6.92 Å². The molecular weight excluding hydrogens is 225 g/mol. The number of carbonyl (C=O) groups is 1. The molecule has 0 unspecified atom stereocenters. The van der Waals surface area contributed by atoms with Gasteiger partial charge in [-0.2, -0.15) is 0 Å². The average molecular weight is 241 g/mol. The van der Waals surface area contributed by atoms with E-state index in [1.807, 2.05) is 6.92 Å². The number of methoxy groups -OCH3 is 1. The minimum atomic E-state index is -0.505. The third-order valence-corrected chi connectivity index (χ3v) is 2.44. The summed E-state index contributed by atoms with van der Waals surface area (Å²) in [5.41, 5.74) is 0.346. The molecule has 0 aliphatic carbocycles. The van der Waals surface area contributed by atoms with E-state index >= 15 is 0 Å². The predicted octanol–water partition coefficient (Wildman–Crippen LogP) is 1.29. The van der Waals surface area contributed by atoms with Gasteiger partial charge in [-0.25, -0.2) is 4.39 Å². The molecule has 17 heavy (non-hydrogen) atoms. The molecule has 0 saturated carbocycles. The van der Waals surface area contributed by atoms with Gasteiger partial charge in [-0.15, -0.1) is 0 Å². The highest BCUT2D eigenvalue weighted by Gasteiger charge is 2.15. The van der Waals surface area contributed by atoms with Gasteiger partial charge in [0.1, 0.15) is 0 Å². The molecule has 0 aromatic heterocycles. The van der Waals surface area contributed by atoms with Crippen molar-refractivity contribution in [1.29, 1.82) is 0 Å². The molecule has 0 bridgehead atoms. The highest BCUT2D eigenvalue weighted by atomic mass is 19.1. The Labute approximate surface area is 99.6 Å². The molecule has 1 rings (SSSR count). The fourth-order valence-corrected chi connectivity index (χ4v) is 1.50. The Bertz CT molecular complexity index is 395. The maximum atomic E-state index is 13.2. The predicted molar refractivity (Wildman–Crippen MR) is 61.6 cm³/mol. The molecule has 0 aliphatic heterocycles. The maximum absolute atomic E-state index is 13.2. The molecule has 1 aromatic carbocycles. The highest BCUT2D eigenvalue weighted by Crippen LogP contribution is 2.19. The van der Waals surface area contributed by atoms with Crippen LogP contribution < -0.4 is 4.74 Å². The molecule has 0 saturated heterocycles. The van der Waals surface area contributed by atoms with Crippen molar-refractivity contribution in [2.24, 2.45) is 0 Å². The van der Waals surface area contributed by atoms with Gasteiger partial charge in [0.15, 0.2) is 11.6 Å². The first-order chi connectivity index (χ1) is 8.13. The molecule has 0 aliphatic rings. The van der Waals surface area contributed by atoms with E-state index in [0.717, 1.165) is 0 Å². The zero-order valence-corrected chi connectivity index (χ0v) is 9.94. The summed E-state index contributed by atoms with van der Waals surface area (Å²) < 4.78 is 18.0. The average Bonchev–Trinajstić information content (AvgIpc) is 2.35. The molecule has 5 heteroatoms. The number of hydrogen-bond acceptors (Lipinski definition) is 3. The van der Waals surface area contributed by atoms with Crippen molar-refractivity contribution in [3.8, 4) is 5.75 Å². The summed E-state index contributed by atoms with van der Waals surface area (Å²) in [6.07, 6.45) is 0. The van der Waals surface area contributed by atoms with Crippen LogP contribution in [0.25, 0.3) is 0 Å². The summed E-state index contributed by atoms with van der Waals surface area (Å²) in [5.74, 6) is -0.718. The third-order valence-electron chi connectivity index (χ3n) is 2.44. The number of aliphatic hydroxyl groups excluding tert-OH is 1. The van der Waals surface area contributed by atoms with Crippen LogP contribution in [0.3, 0.4) is 0 Å². The molecule has 1 aromatic rings. The van der Waals surface area contributed by atoms with Crippen LogP contribution in [0.1, 0.15) is 17.3 Å². The lowest BCUT2D eigenvalue weighted by Crippen LogP contribution is -2.33. The topological polar surface area (TPSA) is 49.8 Å². The van der Waals surface area contributed by atoms with Crippen LogP contribution in [0.2, 0.25) is 0 Å². The number of benzene rings is 1. The van der Waals surface area contributed by atoms with E-state index in [2.05, 4.69) is 0 Å². The highest BCUT2D eigenvalue weighted by molar-refractivity contribution is 5.94. The largest absolute Gasteiger partial charge is 0.494 e. The molecule has 0 heterocycles. The van der Waals surface area contributed by atoms with Gasteiger partial charge in [-0.05, 0) is 25.1 Å². The number of likely N-dealkylation sites (N-methyl/N-ethyl adjacent to an activating group) is 1. The van der Waals surface area contributed by atoms with Crippen molar-refractivity contribution in [3.05, 3.63) is 29.6 Å². The molecule has 94 valence electrons. The number of ether oxygens (including phenoxy) is 1. The second-order valence-corrected chi connectivity index (χ2v) is 3.46. The van der Waals surface area contributed by atoms with Crippen LogP contribution in [0.15, 0.2) is 18.2 Å². The Morgan fingerprint density at radius 3 is 2.76 bits per heavy atom. The molecule has 0 fully saturated rings. The monoisotopic (exact) mass is 241 g/mol. The van der Waals surface area contributed by atoms with E-state index in [-0.39, 0.29) is 24.8 Å². The van der Waals surface area contributed by atoms with Crippen molar-refractivity contribution in [1.82, 2.24) is 4.90 Å². The van der Waals surface area contributed by atoms with Crippen molar-refractivity contribution >= 4 is 5.91 Å². The van der Waals surface area contributed by atoms with Crippen LogP contribution >= 0.6 is 0 Å². The number of hydrogen-bond donors (Lipinski definition) is 1. The summed E-state index contributed by atoms with van der Waals surface area (Å²) in [6.45, 7) is 2.46. The van der Waals surface area contributed by atoms with Gasteiger partial charge >= 0.3 is 0 Å². The third kappa shape index (κ3) is 3.17. The quantitative estimate of drug-likeness (QED) is 0.845. The Balaban J connectivity index is 2.95. The van der Waals surface area contributed by atoms with Crippen LogP contribution in [0.4, 0.5) is 4.39 Å². The Kier molecular flexibility index (Phi) is 4.90. The first-order valence-corrected chi connectivity index (χ1v) is 5.37. The number of halogens is 1. The van der Waals surface area contributed by atoms with E-state index in [0.29, 0.717) is 12.1 Å². The van der Waals surface area contributed by atoms with Gasteiger partial charge in [0.25, 0.3) is 5.91 Å². The summed E-state index contributed by atoms with van der Waals surface area (Å²) in [5, 5.41) is 8.83. The molecule has 0 spiro atoms. The smallest absolute Gasteiger partial charge is 0.254 e. The van der Waals surface area contributed by atoms with Crippen LogP contribution in [-0.2, 0) is 0 Å². The minimum Gasteiger partial charge on any atom is -0.494 e. The van der Waals surface area contributed by atoms with Crippen LogP contribution in [-0.4, -0.2) is 42.7 Å². The van der Waals surface area contributed by atoms with Gasteiger partial charge in [0.2, 0.25) is 0 Å². The zero-order chi connectivity index (χ0) is 12.8. The SMILES string of the molecule is CCN(CCO)C(=O)c1ccc(F)c(OC)c1. The first-order valence-electron chi connectivity index (χ1n) is 5.37. The number of rotatable bonds is 5. The number of carbonyl (C=O) groups excluding carboxylic acids is 1. The lowest BCUT2D eigenvalue weighted by molar-refractivity contribution is 0.0731. The Hall–Kier alpha value is -1.62. The summed E-state index contributed by atoms with van der Waals surface area (Å²) in [6, 6.07) is 3.96. The van der Waals surface area contributed by atoms with Crippen molar-refractivity contribution in [2.75, 3.05) is 26.8 Å². The molecular formula is C12H16FNO3. The standard InChI is InChI=1S/C12H16FNO3/c1-3-14(6-7-15)12(16)9-4-5-10(13)11(8-9)17-2/h4-5,8,15H,3,6-7H2,1-2H3. The lowest BCUT2D eigenvalue weighted by Gasteiger charge is -2.19. The number of amides is 1. The van der Waals surface area contributed by atoms with Gasteiger partial charge in [-0.3, -0.25) is 4.79 Å². The van der Waals surface area contributed by atoms with E-state index in [4.69, 9.17) is 9.84 Å². The molecule has 1 amide bonds. The van der Waals surface area contributed by atoms with Gasteiger partial charge in [-0.1, -0.05) is 0 Å². The number of nitrogens with zero attached hydrogens (tertiary/aromatic N) is 1. The van der Waals surface area contributed by atoms with Gasteiger partial charge < -0.3 is 14.7 Å². The minimum absolute atomic E-state index is 0.0379. The number of aliphatic hydroxyl groups is 1. The summed E-state index contributed by atoms with van der Waals surface area (Å²) >= 11 is 0. The van der Waals surface area contributed by atoms with Crippen LogP contribution in [0.5, 0.6) is 5.75 Å². The second-order valence-electron chi connectivity index (χ2n) is 3.46. The zero-order valence-electron chi connectivity index (χ0n) is 9.94. The second kappa shape index (κ2) is 6.20. The van der Waals surface area contributed by atoms with Crippen LogP contribution in [0, 0.1) is 5.82 Å². The molecule has 1 N–H and O–H groups in total. The van der Waals surface area contributed by atoms with Gasteiger partial charge in [0, 0.05) is 18.7 Å². The fourth-order valence-electron chi connectivity index (χ4n) is 1.50. The summed E-state index contributed by atoms with van der Waals surface area (Å²) in [4.78, 5) is 13.5. The van der Waals surface area contributed by atoms with E-state index in [1.165, 1.54) is 30.2 Å². The Morgan fingerprint density at radius 2 is 2.24 bits per heavy atom. The van der Waals surface area contributed by atoms with E-state index in [1.54, 1.807) is 0 Å². The molecule has 0 atom stereocenters. The first kappa shape index (κ1) is 13.4. The molecule has 4 nitrogen and oxygen atoms in total. The van der Waals surface area contributed by atoms with Gasteiger partial charge in [0.05, 0.1) is 13.7 Å². The van der Waals surface area contributed by atoms with Crippen molar-refractivity contribution < 1.29 is 19.0 Å².